The Balaban J connectivity index is 2.10. The Kier molecular flexibility index (Phi) is 4.71. The van der Waals surface area contributed by atoms with Crippen LogP contribution >= 0.6 is 11.3 Å². The number of halogens is 1. The molecule has 1 aromatic carbocycles. The van der Waals surface area contributed by atoms with Crippen molar-refractivity contribution in [2.24, 2.45) is 0 Å². The Bertz CT molecular complexity index is 742. The zero-order valence-electron chi connectivity index (χ0n) is 10.7. The van der Waals surface area contributed by atoms with E-state index in [2.05, 4.69) is 4.72 Å². The molecule has 1 heterocycles. The van der Waals surface area contributed by atoms with Crippen molar-refractivity contribution < 1.29 is 22.7 Å². The molecule has 0 unspecified atom stereocenters. The van der Waals surface area contributed by atoms with Gasteiger partial charge in [-0.25, -0.2) is 22.3 Å². The minimum Gasteiger partial charge on any atom is -0.478 e. The van der Waals surface area contributed by atoms with E-state index < -0.39 is 26.7 Å². The van der Waals surface area contributed by atoms with Crippen LogP contribution in [0.2, 0.25) is 0 Å². The third-order valence-electron chi connectivity index (χ3n) is 2.75. The summed E-state index contributed by atoms with van der Waals surface area (Å²) < 4.78 is 40.0. The molecule has 0 saturated carbocycles. The van der Waals surface area contributed by atoms with Crippen molar-refractivity contribution in [2.45, 2.75) is 11.3 Å². The summed E-state index contributed by atoms with van der Waals surface area (Å²) >= 11 is 1.51. The highest BCUT2D eigenvalue weighted by Crippen LogP contribution is 2.16. The van der Waals surface area contributed by atoms with Crippen LogP contribution in [0.4, 0.5) is 4.39 Å². The van der Waals surface area contributed by atoms with Crippen LogP contribution in [0.25, 0.3) is 0 Å². The van der Waals surface area contributed by atoms with Crippen LogP contribution in [0.15, 0.2) is 39.9 Å². The Labute approximate surface area is 125 Å². The van der Waals surface area contributed by atoms with Gasteiger partial charge in [0.2, 0.25) is 10.0 Å². The Morgan fingerprint density at radius 3 is 2.67 bits per heavy atom. The van der Waals surface area contributed by atoms with Crippen LogP contribution in [-0.4, -0.2) is 26.0 Å². The molecule has 0 radical (unpaired) electrons. The molecule has 0 aliphatic rings. The maximum absolute atomic E-state index is 13.7. The molecule has 0 bridgehead atoms. The lowest BCUT2D eigenvalue weighted by atomic mass is 10.2. The van der Waals surface area contributed by atoms with Gasteiger partial charge in [0.05, 0.1) is 5.56 Å². The SMILES string of the molecule is O=C(O)c1ccc(S(=O)(=O)NCCc2ccsc2)c(F)c1. The second-order valence-corrected chi connectivity index (χ2v) is 6.75. The number of nitrogens with one attached hydrogen (secondary N) is 1. The van der Waals surface area contributed by atoms with Gasteiger partial charge >= 0.3 is 5.97 Å². The number of benzene rings is 1. The average Bonchev–Trinajstić information content (AvgIpc) is 2.91. The van der Waals surface area contributed by atoms with Crippen molar-refractivity contribution in [2.75, 3.05) is 6.54 Å². The molecular weight excluding hydrogens is 317 g/mol. The molecule has 8 heteroatoms. The Morgan fingerprint density at radius 2 is 2.10 bits per heavy atom. The van der Waals surface area contributed by atoms with Gasteiger partial charge in [-0.15, -0.1) is 0 Å². The number of carbonyl (C=O) groups is 1. The van der Waals surface area contributed by atoms with Crippen molar-refractivity contribution in [1.29, 1.82) is 0 Å². The van der Waals surface area contributed by atoms with E-state index in [9.17, 15) is 17.6 Å². The third-order valence-corrected chi connectivity index (χ3v) is 4.98. The maximum Gasteiger partial charge on any atom is 0.335 e. The standard InChI is InChI=1S/C13H12FNO4S2/c14-11-7-10(13(16)17)1-2-12(11)21(18,19)15-5-3-9-4-6-20-8-9/h1-2,4,6-8,15H,3,5H2,(H,16,17). The van der Waals surface area contributed by atoms with Crippen LogP contribution in [0.3, 0.4) is 0 Å². The predicted octanol–water partition coefficient (Wildman–Crippen LogP) is 2.11. The summed E-state index contributed by atoms with van der Waals surface area (Å²) in [7, 11) is -4.00. The first-order chi connectivity index (χ1) is 9.90. The summed E-state index contributed by atoms with van der Waals surface area (Å²) in [6.07, 6.45) is 0.498. The first kappa shape index (κ1) is 15.6. The van der Waals surface area contributed by atoms with Gasteiger partial charge in [0.25, 0.3) is 0 Å². The molecular formula is C13H12FNO4S2. The average molecular weight is 329 g/mol. The minimum absolute atomic E-state index is 0.138. The Hall–Kier alpha value is -1.77. The normalized spacial score (nSPS) is 11.5. The molecule has 2 aromatic rings. The van der Waals surface area contributed by atoms with Gasteiger partial charge in [0.15, 0.2) is 0 Å². The highest BCUT2D eigenvalue weighted by molar-refractivity contribution is 7.89. The monoisotopic (exact) mass is 329 g/mol. The largest absolute Gasteiger partial charge is 0.478 e. The summed E-state index contributed by atoms with van der Waals surface area (Å²) in [6, 6.07) is 4.57. The van der Waals surface area contributed by atoms with Crippen LogP contribution in [0, 0.1) is 5.82 Å². The lowest BCUT2D eigenvalue weighted by molar-refractivity contribution is 0.0696. The van der Waals surface area contributed by atoms with Crippen molar-refractivity contribution in [3.8, 4) is 0 Å². The molecule has 21 heavy (non-hydrogen) atoms. The van der Waals surface area contributed by atoms with Crippen LogP contribution in [0.5, 0.6) is 0 Å². The molecule has 2 rings (SSSR count). The van der Waals surface area contributed by atoms with E-state index in [4.69, 9.17) is 5.11 Å². The first-order valence-electron chi connectivity index (χ1n) is 5.94. The molecule has 5 nitrogen and oxygen atoms in total. The highest BCUT2D eigenvalue weighted by Gasteiger charge is 2.20. The minimum atomic E-state index is -4.00. The van der Waals surface area contributed by atoms with Gasteiger partial charge in [-0.1, -0.05) is 0 Å². The first-order valence-corrected chi connectivity index (χ1v) is 8.36. The second-order valence-electron chi connectivity index (χ2n) is 4.23. The number of hydrogen-bond donors (Lipinski definition) is 2. The van der Waals surface area contributed by atoms with E-state index in [1.54, 1.807) is 0 Å². The number of hydrogen-bond acceptors (Lipinski definition) is 4. The van der Waals surface area contributed by atoms with Crippen molar-refractivity contribution in [3.05, 3.63) is 52.0 Å². The lowest BCUT2D eigenvalue weighted by Gasteiger charge is -2.07. The van der Waals surface area contributed by atoms with Crippen molar-refractivity contribution in [3.63, 3.8) is 0 Å². The van der Waals surface area contributed by atoms with Crippen LogP contribution < -0.4 is 4.72 Å². The van der Waals surface area contributed by atoms with Gasteiger partial charge in [-0.2, -0.15) is 11.3 Å². The van der Waals surface area contributed by atoms with Crippen molar-refractivity contribution >= 4 is 27.3 Å². The summed E-state index contributed by atoms with van der Waals surface area (Å²) in [5.41, 5.74) is 0.689. The van der Waals surface area contributed by atoms with Crippen LogP contribution in [0.1, 0.15) is 15.9 Å². The molecule has 0 amide bonds. The fourth-order valence-corrected chi connectivity index (χ4v) is 3.49. The number of carboxylic acids is 1. The summed E-state index contributed by atoms with van der Waals surface area (Å²) in [4.78, 5) is 10.1. The number of thiophene rings is 1. The van der Waals surface area contributed by atoms with E-state index >= 15 is 0 Å². The van der Waals surface area contributed by atoms with E-state index in [-0.39, 0.29) is 12.1 Å². The number of sulfonamides is 1. The van der Waals surface area contributed by atoms with Gasteiger partial charge < -0.3 is 5.11 Å². The third kappa shape index (κ3) is 3.87. The molecule has 112 valence electrons. The smallest absolute Gasteiger partial charge is 0.335 e. The fraction of sp³-hybridized carbons (Fsp3) is 0.154. The quantitative estimate of drug-likeness (QED) is 0.850. The van der Waals surface area contributed by atoms with E-state index in [0.717, 1.165) is 17.7 Å². The van der Waals surface area contributed by atoms with Crippen molar-refractivity contribution in [1.82, 2.24) is 4.72 Å². The predicted molar refractivity (Wildman–Crippen MR) is 76.6 cm³/mol. The van der Waals surface area contributed by atoms with Gasteiger partial charge in [0, 0.05) is 6.54 Å². The molecule has 0 saturated heterocycles. The zero-order chi connectivity index (χ0) is 15.5. The molecule has 2 N–H and O–H groups in total. The zero-order valence-corrected chi connectivity index (χ0v) is 12.4. The molecule has 0 aliphatic heterocycles. The summed E-state index contributed by atoms with van der Waals surface area (Å²) in [6.45, 7) is 0.138. The molecule has 1 aromatic heterocycles. The van der Waals surface area contributed by atoms with Gasteiger partial charge in [-0.3, -0.25) is 0 Å². The Morgan fingerprint density at radius 1 is 1.33 bits per heavy atom. The van der Waals surface area contributed by atoms with Crippen LogP contribution in [-0.2, 0) is 16.4 Å². The summed E-state index contributed by atoms with van der Waals surface area (Å²) in [5.74, 6) is -2.40. The molecule has 0 atom stereocenters. The molecule has 0 spiro atoms. The van der Waals surface area contributed by atoms with E-state index in [0.29, 0.717) is 12.5 Å². The maximum atomic E-state index is 13.7. The highest BCUT2D eigenvalue weighted by atomic mass is 32.2. The molecule has 0 fully saturated rings. The number of aromatic carboxylic acids is 1. The van der Waals surface area contributed by atoms with E-state index in [1.165, 1.54) is 11.3 Å². The topological polar surface area (TPSA) is 83.5 Å². The fourth-order valence-electron chi connectivity index (χ4n) is 1.69. The number of rotatable bonds is 6. The van der Waals surface area contributed by atoms with Gasteiger partial charge in [0.1, 0.15) is 10.7 Å². The lowest BCUT2D eigenvalue weighted by Crippen LogP contribution is -2.26. The molecule has 0 aliphatic carbocycles. The summed E-state index contributed by atoms with van der Waals surface area (Å²) in [5, 5.41) is 12.5. The van der Waals surface area contributed by atoms with Gasteiger partial charge in [-0.05, 0) is 47.0 Å². The number of carboxylic acid groups (broad SMARTS) is 1. The van der Waals surface area contributed by atoms with E-state index in [1.807, 2.05) is 16.8 Å². The second kappa shape index (κ2) is 6.33.